The predicted octanol–water partition coefficient (Wildman–Crippen LogP) is 16.7. The van der Waals surface area contributed by atoms with Crippen LogP contribution in [0.1, 0.15) is 38.9 Å². The van der Waals surface area contributed by atoms with Gasteiger partial charge in [-0.15, -0.1) is 0 Å². The van der Waals surface area contributed by atoms with Crippen LogP contribution in [0.3, 0.4) is 0 Å². The average Bonchev–Trinajstić information content (AvgIpc) is 3.79. The number of benzene rings is 8. The van der Waals surface area contributed by atoms with E-state index < -0.39 is 40.8 Å². The zero-order valence-corrected chi connectivity index (χ0v) is 35.7. The first kappa shape index (κ1) is 43.1. The van der Waals surface area contributed by atoms with Crippen molar-refractivity contribution in [1.29, 1.82) is 5.26 Å². The van der Waals surface area contributed by atoms with E-state index in [0.29, 0.717) is 39.0 Å². The normalized spacial score (nSPS) is 12.5. The number of aryl methyl sites for hydroxylation is 3. The lowest BCUT2D eigenvalue weighted by atomic mass is 9.92. The molecular formula is C55H34F9N3. The fourth-order valence-electron chi connectivity index (χ4n) is 9.65. The number of hydrogen-bond acceptors (Lipinski definition) is 1. The van der Waals surface area contributed by atoms with Gasteiger partial charge in [-0.1, -0.05) is 103 Å². The van der Waals surface area contributed by atoms with Crippen molar-refractivity contribution in [3.05, 3.63) is 191 Å². The lowest BCUT2D eigenvalue weighted by Crippen LogP contribution is -2.12. The third-order valence-electron chi connectivity index (χ3n) is 12.6. The summed E-state index contributed by atoms with van der Waals surface area (Å²) in [5, 5.41) is 14.2. The second-order valence-corrected chi connectivity index (χ2v) is 16.7. The molecule has 0 atom stereocenters. The van der Waals surface area contributed by atoms with Crippen molar-refractivity contribution >= 4 is 43.6 Å². The molecule has 0 saturated heterocycles. The predicted molar refractivity (Wildman–Crippen MR) is 245 cm³/mol. The van der Waals surface area contributed by atoms with Gasteiger partial charge in [0.15, 0.2) is 0 Å². The van der Waals surface area contributed by atoms with Gasteiger partial charge < -0.3 is 9.13 Å². The molecule has 0 bridgehead atoms. The Labute approximate surface area is 377 Å². The summed E-state index contributed by atoms with van der Waals surface area (Å²) in [4.78, 5) is 0. The monoisotopic (exact) mass is 907 g/mol. The number of halogens is 9. The topological polar surface area (TPSA) is 33.6 Å². The Kier molecular flexibility index (Phi) is 9.92. The van der Waals surface area contributed by atoms with Crippen LogP contribution in [-0.2, 0) is 18.5 Å². The Balaban J connectivity index is 1.35. The maximum atomic E-state index is 15.1. The Hall–Kier alpha value is -7.78. The van der Waals surface area contributed by atoms with Crippen LogP contribution in [0.25, 0.3) is 88.4 Å². The van der Waals surface area contributed by atoms with Gasteiger partial charge in [-0.25, -0.2) is 0 Å². The van der Waals surface area contributed by atoms with E-state index in [-0.39, 0.29) is 45.2 Å². The van der Waals surface area contributed by atoms with Gasteiger partial charge >= 0.3 is 18.5 Å². The van der Waals surface area contributed by atoms with E-state index in [9.17, 15) is 31.6 Å². The van der Waals surface area contributed by atoms with Crippen molar-refractivity contribution in [1.82, 2.24) is 9.13 Å². The maximum Gasteiger partial charge on any atom is 0.417 e. The van der Waals surface area contributed by atoms with Crippen molar-refractivity contribution in [2.24, 2.45) is 0 Å². The summed E-state index contributed by atoms with van der Waals surface area (Å²) < 4.78 is 134. The summed E-state index contributed by atoms with van der Waals surface area (Å²) in [6.07, 6.45) is -15.0. The minimum absolute atomic E-state index is 0.0315. The minimum Gasteiger partial charge on any atom is -0.308 e. The number of hydrogen-bond donors (Lipinski definition) is 0. The highest BCUT2D eigenvalue weighted by atomic mass is 19.4. The first-order valence-electron chi connectivity index (χ1n) is 21.0. The third kappa shape index (κ3) is 7.17. The Bertz CT molecular complexity index is 3710. The Morgan fingerprint density at radius 1 is 0.418 bits per heavy atom. The van der Waals surface area contributed by atoms with Crippen LogP contribution in [0, 0.1) is 32.1 Å². The van der Waals surface area contributed by atoms with Crippen LogP contribution < -0.4 is 0 Å². The molecule has 67 heavy (non-hydrogen) atoms. The minimum atomic E-state index is -5.18. The van der Waals surface area contributed by atoms with Crippen molar-refractivity contribution in [2.75, 3.05) is 0 Å². The van der Waals surface area contributed by atoms with E-state index in [1.807, 2.05) is 73.0 Å². The van der Waals surface area contributed by atoms with Crippen LogP contribution in [0.2, 0.25) is 0 Å². The van der Waals surface area contributed by atoms with Crippen molar-refractivity contribution in [3.8, 4) is 50.8 Å². The number of alkyl halides is 9. The van der Waals surface area contributed by atoms with Crippen molar-refractivity contribution < 1.29 is 39.5 Å². The molecule has 10 aromatic rings. The molecule has 332 valence electrons. The van der Waals surface area contributed by atoms with E-state index in [4.69, 9.17) is 0 Å². The molecule has 2 heterocycles. The van der Waals surface area contributed by atoms with Crippen LogP contribution in [-0.4, -0.2) is 9.13 Å². The first-order valence-corrected chi connectivity index (χ1v) is 21.0. The van der Waals surface area contributed by atoms with Crippen molar-refractivity contribution in [2.45, 2.75) is 39.3 Å². The van der Waals surface area contributed by atoms with E-state index in [1.54, 1.807) is 54.0 Å². The highest BCUT2D eigenvalue weighted by Crippen LogP contribution is 2.46. The largest absolute Gasteiger partial charge is 0.417 e. The second-order valence-electron chi connectivity index (χ2n) is 16.7. The van der Waals surface area contributed by atoms with E-state index >= 15 is 13.2 Å². The van der Waals surface area contributed by atoms with Gasteiger partial charge in [0.2, 0.25) is 0 Å². The maximum absolute atomic E-state index is 15.1. The average molecular weight is 908 g/mol. The summed E-state index contributed by atoms with van der Waals surface area (Å²) in [5.41, 5.74) is 2.11. The van der Waals surface area contributed by atoms with Crippen LogP contribution >= 0.6 is 0 Å². The van der Waals surface area contributed by atoms with Crippen molar-refractivity contribution in [3.63, 3.8) is 0 Å². The van der Waals surface area contributed by atoms with E-state index in [1.165, 1.54) is 24.3 Å². The number of rotatable bonds is 5. The highest BCUT2D eigenvalue weighted by Gasteiger charge is 2.39. The van der Waals surface area contributed by atoms with Crippen LogP contribution in [0.5, 0.6) is 0 Å². The SMILES string of the molecule is Cc1ccc(-c2ccc3c4ccccc4n(-c4cc(-c5c(C)cccc5C(F)(F)F)cc(-n5c6ccccc6c6ccc(-c7ccc(C(F)(F)F)cc7C(F)(F)F)cc65)c4C#N)c3c2)c(C)c1. The number of aromatic nitrogens is 2. The molecule has 0 spiro atoms. The Morgan fingerprint density at radius 3 is 1.46 bits per heavy atom. The number of para-hydroxylation sites is 2. The molecule has 0 unspecified atom stereocenters. The fraction of sp³-hybridized carbons (Fsp3) is 0.109. The summed E-state index contributed by atoms with van der Waals surface area (Å²) in [6.45, 7) is 5.56. The number of nitrogens with zero attached hydrogens (tertiary/aromatic N) is 3. The lowest BCUT2D eigenvalue weighted by molar-refractivity contribution is -0.143. The van der Waals surface area contributed by atoms with Crippen LogP contribution in [0.15, 0.2) is 152 Å². The quantitative estimate of drug-likeness (QED) is 0.158. The molecule has 8 aromatic carbocycles. The van der Waals surface area contributed by atoms with E-state index in [0.717, 1.165) is 45.2 Å². The molecule has 10 rings (SSSR count). The molecule has 0 aliphatic rings. The molecule has 0 aliphatic carbocycles. The standard InChI is InChI=1S/C55H34F9N3/c1-30-15-19-37(32(3)23-30)33-16-20-41-39-10-4-6-13-46(39)66(48(41)24-33)50-26-35(52-31(2)9-8-12-44(52)54(59,60)61)27-51(43(50)29-65)67-47-14-7-5-11-40(47)42-21-17-34(25-49(42)67)38-22-18-36(53(56,57)58)28-45(38)55(62,63)64/h4-28H,1-3H3. The summed E-state index contributed by atoms with van der Waals surface area (Å²) >= 11 is 0. The molecule has 0 aliphatic heterocycles. The van der Waals surface area contributed by atoms with Crippen LogP contribution in [0.4, 0.5) is 39.5 Å². The fourth-order valence-corrected chi connectivity index (χ4v) is 9.65. The molecule has 2 aromatic heterocycles. The van der Waals surface area contributed by atoms with Gasteiger partial charge in [0.05, 0.1) is 50.1 Å². The molecule has 0 N–H and O–H groups in total. The highest BCUT2D eigenvalue weighted by molar-refractivity contribution is 6.12. The molecule has 3 nitrogen and oxygen atoms in total. The second kappa shape index (κ2) is 15.4. The van der Waals surface area contributed by atoms with Gasteiger partial charge in [-0.05, 0) is 120 Å². The van der Waals surface area contributed by atoms with Gasteiger partial charge in [-0.3, -0.25) is 0 Å². The zero-order chi connectivity index (χ0) is 47.3. The zero-order valence-electron chi connectivity index (χ0n) is 35.7. The smallest absolute Gasteiger partial charge is 0.308 e. The summed E-state index contributed by atoms with van der Waals surface area (Å²) in [5.74, 6) is 0. The molecule has 0 fully saturated rings. The molecule has 0 radical (unpaired) electrons. The molecule has 0 saturated carbocycles. The van der Waals surface area contributed by atoms with Gasteiger partial charge in [0.25, 0.3) is 0 Å². The molecule has 12 heteroatoms. The van der Waals surface area contributed by atoms with Gasteiger partial charge in [0.1, 0.15) is 11.6 Å². The first-order chi connectivity index (χ1) is 31.8. The number of nitriles is 1. The number of fused-ring (bicyclic) bond motifs is 6. The molecule has 0 amide bonds. The Morgan fingerprint density at radius 2 is 0.940 bits per heavy atom. The summed E-state index contributed by atoms with van der Waals surface area (Å²) in [7, 11) is 0. The third-order valence-corrected chi connectivity index (χ3v) is 12.6. The summed E-state index contributed by atoms with van der Waals surface area (Å²) in [6, 6.07) is 41.7. The van der Waals surface area contributed by atoms with Gasteiger partial charge in [-0.2, -0.15) is 44.8 Å². The lowest BCUT2D eigenvalue weighted by Gasteiger charge is -2.21. The van der Waals surface area contributed by atoms with E-state index in [2.05, 4.69) is 12.1 Å². The van der Waals surface area contributed by atoms with Gasteiger partial charge in [0, 0.05) is 21.5 Å². The molecular weight excluding hydrogens is 874 g/mol.